The molecule has 1 saturated carbocycles. The molecule has 1 heterocycles. The van der Waals surface area contributed by atoms with Crippen molar-refractivity contribution in [3.8, 4) is 0 Å². The molecule has 94 valence electrons. The van der Waals surface area contributed by atoms with Crippen molar-refractivity contribution >= 4 is 0 Å². The minimum atomic E-state index is -0.199. The van der Waals surface area contributed by atoms with Gasteiger partial charge in [-0.3, -0.25) is 4.90 Å². The number of likely N-dealkylation sites (tertiary alicyclic amines) is 1. The number of nitrogens with zero attached hydrogens (tertiary/aromatic N) is 1. The molecule has 2 aliphatic rings. The number of hydrogen-bond donors (Lipinski definition) is 2. The van der Waals surface area contributed by atoms with Gasteiger partial charge in [-0.05, 0) is 39.0 Å². The summed E-state index contributed by atoms with van der Waals surface area (Å²) >= 11 is 0. The van der Waals surface area contributed by atoms with Crippen LogP contribution in [0.1, 0.15) is 46.0 Å². The van der Waals surface area contributed by atoms with Crippen molar-refractivity contribution in [1.82, 2.24) is 10.2 Å². The molecule has 2 rings (SSSR count). The van der Waals surface area contributed by atoms with Gasteiger partial charge in [0.05, 0.1) is 6.10 Å². The zero-order chi connectivity index (χ0) is 11.5. The van der Waals surface area contributed by atoms with Crippen LogP contribution in [0.5, 0.6) is 0 Å². The van der Waals surface area contributed by atoms with E-state index in [1.165, 1.54) is 32.1 Å². The molecular weight excluding hydrogens is 200 g/mol. The fourth-order valence-corrected chi connectivity index (χ4v) is 2.79. The average Bonchev–Trinajstić information content (AvgIpc) is 3.03. The first-order chi connectivity index (χ1) is 7.70. The van der Waals surface area contributed by atoms with E-state index in [1.807, 2.05) is 0 Å². The van der Waals surface area contributed by atoms with E-state index in [9.17, 15) is 5.11 Å². The Labute approximate surface area is 99.2 Å². The molecule has 0 aromatic rings. The highest BCUT2D eigenvalue weighted by molar-refractivity contribution is 4.87. The first-order valence-electron chi connectivity index (χ1n) is 6.88. The largest absolute Gasteiger partial charge is 0.390 e. The normalized spacial score (nSPS) is 33.2. The quantitative estimate of drug-likeness (QED) is 0.718. The molecule has 0 aromatic heterocycles. The van der Waals surface area contributed by atoms with E-state index in [-0.39, 0.29) is 6.10 Å². The summed E-state index contributed by atoms with van der Waals surface area (Å²) in [5, 5.41) is 13.4. The number of nitrogens with one attached hydrogen (secondary N) is 1. The predicted octanol–water partition coefficient (Wildman–Crippen LogP) is 1.36. The monoisotopic (exact) mass is 226 g/mol. The van der Waals surface area contributed by atoms with Gasteiger partial charge >= 0.3 is 0 Å². The van der Waals surface area contributed by atoms with E-state index in [4.69, 9.17) is 0 Å². The van der Waals surface area contributed by atoms with Crippen molar-refractivity contribution in [3.05, 3.63) is 0 Å². The van der Waals surface area contributed by atoms with Crippen molar-refractivity contribution in [2.45, 2.75) is 70.2 Å². The lowest BCUT2D eigenvalue weighted by Gasteiger charge is -2.29. The SMILES string of the molecule is CCC1CCC(C)N1CC(O)CNC1CC1. The van der Waals surface area contributed by atoms with Gasteiger partial charge in [-0.25, -0.2) is 0 Å². The molecule has 2 N–H and O–H groups in total. The van der Waals surface area contributed by atoms with E-state index in [2.05, 4.69) is 24.1 Å². The maximum absolute atomic E-state index is 10.0. The molecular formula is C13H26N2O. The van der Waals surface area contributed by atoms with E-state index in [0.29, 0.717) is 18.1 Å². The fourth-order valence-electron chi connectivity index (χ4n) is 2.79. The second-order valence-corrected chi connectivity index (χ2v) is 5.52. The molecule has 2 fully saturated rings. The molecule has 0 radical (unpaired) electrons. The van der Waals surface area contributed by atoms with E-state index in [1.54, 1.807) is 0 Å². The third kappa shape index (κ3) is 3.19. The van der Waals surface area contributed by atoms with Crippen molar-refractivity contribution in [1.29, 1.82) is 0 Å². The van der Waals surface area contributed by atoms with Crippen LogP contribution in [0.2, 0.25) is 0 Å². The summed E-state index contributed by atoms with van der Waals surface area (Å²) in [6.45, 7) is 6.16. The van der Waals surface area contributed by atoms with Crippen LogP contribution >= 0.6 is 0 Å². The molecule has 1 aliphatic heterocycles. The lowest BCUT2D eigenvalue weighted by Crippen LogP contribution is -2.43. The van der Waals surface area contributed by atoms with Gasteiger partial charge in [0.15, 0.2) is 0 Å². The minimum Gasteiger partial charge on any atom is -0.390 e. The van der Waals surface area contributed by atoms with E-state index in [0.717, 1.165) is 13.1 Å². The van der Waals surface area contributed by atoms with Crippen LogP contribution in [-0.4, -0.2) is 47.3 Å². The summed E-state index contributed by atoms with van der Waals surface area (Å²) < 4.78 is 0. The molecule has 0 aromatic carbocycles. The molecule has 0 amide bonds. The van der Waals surface area contributed by atoms with Gasteiger partial charge in [0.25, 0.3) is 0 Å². The standard InChI is InChI=1S/C13H26N2O/c1-3-12-7-4-10(2)15(12)9-13(16)8-14-11-5-6-11/h10-14,16H,3-9H2,1-2H3. The smallest absolute Gasteiger partial charge is 0.0791 e. The van der Waals surface area contributed by atoms with Gasteiger partial charge in [-0.2, -0.15) is 0 Å². The maximum Gasteiger partial charge on any atom is 0.0791 e. The van der Waals surface area contributed by atoms with Crippen LogP contribution in [0, 0.1) is 0 Å². The van der Waals surface area contributed by atoms with Crippen LogP contribution in [0.4, 0.5) is 0 Å². The topological polar surface area (TPSA) is 35.5 Å². The molecule has 3 unspecified atom stereocenters. The Morgan fingerprint density at radius 1 is 1.31 bits per heavy atom. The zero-order valence-electron chi connectivity index (χ0n) is 10.7. The van der Waals surface area contributed by atoms with Crippen LogP contribution in [0.15, 0.2) is 0 Å². The lowest BCUT2D eigenvalue weighted by atomic mass is 10.1. The Bertz CT molecular complexity index is 218. The van der Waals surface area contributed by atoms with Crippen molar-refractivity contribution in [2.75, 3.05) is 13.1 Å². The fraction of sp³-hybridized carbons (Fsp3) is 1.00. The third-order valence-corrected chi connectivity index (χ3v) is 4.07. The van der Waals surface area contributed by atoms with Crippen molar-refractivity contribution in [2.24, 2.45) is 0 Å². The highest BCUT2D eigenvalue weighted by atomic mass is 16.3. The summed E-state index contributed by atoms with van der Waals surface area (Å²) in [7, 11) is 0. The van der Waals surface area contributed by atoms with Gasteiger partial charge in [0, 0.05) is 31.2 Å². The molecule has 1 aliphatic carbocycles. The second-order valence-electron chi connectivity index (χ2n) is 5.52. The van der Waals surface area contributed by atoms with Crippen LogP contribution < -0.4 is 5.32 Å². The van der Waals surface area contributed by atoms with Gasteiger partial charge < -0.3 is 10.4 Å². The Balaban J connectivity index is 1.72. The Kier molecular flexibility index (Phi) is 4.22. The van der Waals surface area contributed by atoms with Gasteiger partial charge in [0.2, 0.25) is 0 Å². The molecule has 3 atom stereocenters. The molecule has 0 spiro atoms. The van der Waals surface area contributed by atoms with Crippen LogP contribution in [-0.2, 0) is 0 Å². The number of β-amino-alcohol motifs (C(OH)–C–C–N with tert-alkyl or cyclic N) is 1. The number of hydrogen-bond acceptors (Lipinski definition) is 3. The Morgan fingerprint density at radius 2 is 2.06 bits per heavy atom. The van der Waals surface area contributed by atoms with Gasteiger partial charge in [0.1, 0.15) is 0 Å². The van der Waals surface area contributed by atoms with Gasteiger partial charge in [-0.1, -0.05) is 6.92 Å². The summed E-state index contributed by atoms with van der Waals surface area (Å²) in [6.07, 6.45) is 6.21. The summed E-state index contributed by atoms with van der Waals surface area (Å²) in [5.74, 6) is 0. The highest BCUT2D eigenvalue weighted by Crippen LogP contribution is 2.26. The maximum atomic E-state index is 10.0. The first-order valence-corrected chi connectivity index (χ1v) is 6.88. The molecule has 1 saturated heterocycles. The molecule has 0 bridgehead atoms. The summed E-state index contributed by atoms with van der Waals surface area (Å²) in [6, 6.07) is 2.05. The Hall–Kier alpha value is -0.120. The minimum absolute atomic E-state index is 0.199. The third-order valence-electron chi connectivity index (χ3n) is 4.07. The first kappa shape index (κ1) is 12.3. The van der Waals surface area contributed by atoms with Crippen molar-refractivity contribution < 1.29 is 5.11 Å². The van der Waals surface area contributed by atoms with E-state index < -0.39 is 0 Å². The summed E-state index contributed by atoms with van der Waals surface area (Å²) in [5.41, 5.74) is 0. The second kappa shape index (κ2) is 5.48. The number of rotatable bonds is 6. The number of aliphatic hydroxyl groups is 1. The molecule has 3 nitrogen and oxygen atoms in total. The van der Waals surface area contributed by atoms with E-state index >= 15 is 0 Å². The summed E-state index contributed by atoms with van der Waals surface area (Å²) in [4.78, 5) is 2.50. The van der Waals surface area contributed by atoms with Crippen LogP contribution in [0.25, 0.3) is 0 Å². The Morgan fingerprint density at radius 3 is 2.69 bits per heavy atom. The zero-order valence-corrected chi connectivity index (χ0v) is 10.7. The highest BCUT2D eigenvalue weighted by Gasteiger charge is 2.30. The lowest BCUT2D eigenvalue weighted by molar-refractivity contribution is 0.0852. The molecule has 3 heteroatoms. The van der Waals surface area contributed by atoms with Gasteiger partial charge in [-0.15, -0.1) is 0 Å². The predicted molar refractivity (Wildman–Crippen MR) is 66.5 cm³/mol. The molecule has 16 heavy (non-hydrogen) atoms. The van der Waals surface area contributed by atoms with Crippen molar-refractivity contribution in [3.63, 3.8) is 0 Å². The average molecular weight is 226 g/mol. The number of aliphatic hydroxyl groups excluding tert-OH is 1. The van der Waals surface area contributed by atoms with Crippen LogP contribution in [0.3, 0.4) is 0 Å².